The van der Waals surface area contributed by atoms with Crippen molar-refractivity contribution in [1.29, 1.82) is 0 Å². The summed E-state index contributed by atoms with van der Waals surface area (Å²) < 4.78 is 207. The Balaban J connectivity index is 7.62. The Kier molecular flexibility index (Phi) is 7.57. The van der Waals surface area contributed by atoms with Crippen LogP contribution in [0.5, 0.6) is 0 Å². The first kappa shape index (κ1) is 32.1. The molecule has 0 saturated heterocycles. The number of halogens is 10. The molecule has 200 valence electrons. The van der Waals surface area contributed by atoms with Gasteiger partial charge in [0.15, 0.2) is 0 Å². The smallest absolute Gasteiger partial charge is 0.281 e. The highest BCUT2D eigenvalue weighted by Gasteiger charge is 2.88. The predicted octanol–water partition coefficient (Wildman–Crippen LogP) is 4.66. The van der Waals surface area contributed by atoms with Gasteiger partial charge >= 0.3 is 42.7 Å². The van der Waals surface area contributed by atoms with Gasteiger partial charge in [-0.3, -0.25) is 13.8 Å². The highest BCUT2D eigenvalue weighted by molar-refractivity contribution is 7.88. The van der Waals surface area contributed by atoms with E-state index in [1.54, 1.807) is 0 Å². The number of hydrogen-bond donors (Lipinski definition) is 2. The van der Waals surface area contributed by atoms with Crippen molar-refractivity contribution in [1.82, 2.24) is 0 Å². The average Bonchev–Trinajstić information content (AvgIpc) is 2.48. The van der Waals surface area contributed by atoms with Crippen molar-refractivity contribution in [2.45, 2.75) is 75.6 Å². The minimum atomic E-state index is -7.65. The maximum Gasteiger partial charge on any atom is 0.434 e. The molecule has 0 aromatic carbocycles. The monoisotopic (exact) mass is 554 g/mol. The molecule has 0 radical (unpaired) electrons. The van der Waals surface area contributed by atoms with Crippen molar-refractivity contribution < 1.29 is 74.6 Å². The van der Waals surface area contributed by atoms with Crippen LogP contribution in [0, 0.1) is 10.8 Å². The lowest BCUT2D eigenvalue weighted by molar-refractivity contribution is -0.465. The van der Waals surface area contributed by atoms with Crippen molar-refractivity contribution >= 4 is 20.2 Å². The van der Waals surface area contributed by atoms with Gasteiger partial charge in [-0.2, -0.15) is 47.6 Å². The average molecular weight is 554 g/mol. The lowest BCUT2D eigenvalue weighted by atomic mass is 9.66. The second kappa shape index (κ2) is 7.79. The third kappa shape index (κ3) is 4.42. The molecule has 0 aliphatic heterocycles. The minimum Gasteiger partial charge on any atom is -0.281 e. The van der Waals surface area contributed by atoms with Crippen LogP contribution < -0.4 is 0 Å². The zero-order valence-electron chi connectivity index (χ0n) is 17.5. The van der Waals surface area contributed by atoms with Crippen LogP contribution in [0.2, 0.25) is 0 Å². The third-order valence-electron chi connectivity index (χ3n) is 4.47. The quantitative estimate of drug-likeness (QED) is 0.331. The van der Waals surface area contributed by atoms with E-state index in [-0.39, 0.29) is 20.8 Å². The lowest BCUT2D eigenvalue weighted by Gasteiger charge is -2.51. The van der Waals surface area contributed by atoms with Crippen LogP contribution in [-0.4, -0.2) is 60.0 Å². The van der Waals surface area contributed by atoms with Gasteiger partial charge < -0.3 is 0 Å². The first-order chi connectivity index (χ1) is 13.7. The van der Waals surface area contributed by atoms with E-state index >= 15 is 4.39 Å². The van der Waals surface area contributed by atoms with Crippen LogP contribution >= 0.6 is 0 Å². The van der Waals surface area contributed by atoms with Crippen molar-refractivity contribution in [2.24, 2.45) is 10.8 Å². The molecular formula is C14H20F10O7S2. The highest BCUT2D eigenvalue weighted by Crippen LogP contribution is 2.63. The summed E-state index contributed by atoms with van der Waals surface area (Å²) in [5.41, 5.74) is -11.9. The van der Waals surface area contributed by atoms with E-state index in [1.165, 1.54) is 0 Å². The Bertz CT molecular complexity index is 921. The summed E-state index contributed by atoms with van der Waals surface area (Å²) in [7, 11) is -15.3. The van der Waals surface area contributed by atoms with Crippen LogP contribution in [0.3, 0.4) is 0 Å². The molecule has 19 heteroatoms. The molecule has 0 aliphatic carbocycles. The maximum atomic E-state index is 15.5. The first-order valence-electron chi connectivity index (χ1n) is 8.24. The highest BCUT2D eigenvalue weighted by atomic mass is 32.2. The molecule has 0 aromatic heterocycles. The summed E-state index contributed by atoms with van der Waals surface area (Å²) in [5, 5.41) is -14.8. The van der Waals surface area contributed by atoms with E-state index in [1.807, 2.05) is 0 Å². The summed E-state index contributed by atoms with van der Waals surface area (Å²) in [6.07, 6.45) is -6.89. The van der Waals surface area contributed by atoms with Crippen LogP contribution in [0.15, 0.2) is 0 Å². The summed E-state index contributed by atoms with van der Waals surface area (Å²) >= 11 is 0. The van der Waals surface area contributed by atoms with Gasteiger partial charge in [-0.05, 0) is 0 Å². The molecule has 0 heterocycles. The van der Waals surface area contributed by atoms with E-state index in [4.69, 9.17) is 9.11 Å². The number of ether oxygens (including phenoxy) is 1. The number of hydrogen-bond acceptors (Lipinski definition) is 5. The molecule has 0 rings (SSSR count). The number of alkyl halides is 10. The van der Waals surface area contributed by atoms with Crippen LogP contribution in [0.1, 0.15) is 41.5 Å². The van der Waals surface area contributed by atoms with E-state index in [9.17, 15) is 56.3 Å². The molecule has 1 unspecified atom stereocenters. The molecule has 0 saturated carbocycles. The molecule has 0 aliphatic rings. The molecule has 0 amide bonds. The fourth-order valence-corrected chi connectivity index (χ4v) is 3.54. The maximum absolute atomic E-state index is 15.5. The Hall–Kier alpha value is -0.920. The lowest BCUT2D eigenvalue weighted by Crippen LogP contribution is -2.74. The first-order valence-corrected chi connectivity index (χ1v) is 11.1. The minimum absolute atomic E-state index is 0.242. The van der Waals surface area contributed by atoms with Crippen molar-refractivity contribution in [3.05, 3.63) is 0 Å². The molecule has 2 N–H and O–H groups in total. The SMILES string of the molecule is CC(C)(C)C(F)(F)C(F)(C(C)(C)C)C(F)(F)OC(F)(C(F)(F)S(=O)(=O)O)C(F)(F)S(=O)(=O)O. The third-order valence-corrected chi connectivity index (χ3v) is 6.30. The normalized spacial score (nSPS) is 18.2. The predicted molar refractivity (Wildman–Crippen MR) is 90.6 cm³/mol. The van der Waals surface area contributed by atoms with E-state index < -0.39 is 65.1 Å². The van der Waals surface area contributed by atoms with Crippen molar-refractivity contribution in [2.75, 3.05) is 0 Å². The van der Waals surface area contributed by atoms with Crippen LogP contribution in [0.25, 0.3) is 0 Å². The van der Waals surface area contributed by atoms with Gasteiger partial charge in [-0.25, -0.2) is 13.2 Å². The van der Waals surface area contributed by atoms with E-state index in [0.29, 0.717) is 20.8 Å². The summed E-state index contributed by atoms with van der Waals surface area (Å²) in [6, 6.07) is 0. The Morgan fingerprint density at radius 1 is 0.576 bits per heavy atom. The molecule has 0 fully saturated rings. The van der Waals surface area contributed by atoms with Crippen molar-refractivity contribution in [3.63, 3.8) is 0 Å². The second-order valence-corrected chi connectivity index (χ2v) is 11.9. The molecular weight excluding hydrogens is 534 g/mol. The van der Waals surface area contributed by atoms with Crippen LogP contribution in [-0.2, 0) is 25.0 Å². The van der Waals surface area contributed by atoms with Gasteiger partial charge in [0, 0.05) is 10.8 Å². The summed E-state index contributed by atoms with van der Waals surface area (Å²) in [5.74, 6) is -13.0. The number of rotatable bonds is 8. The van der Waals surface area contributed by atoms with Gasteiger partial charge in [0.1, 0.15) is 0 Å². The largest absolute Gasteiger partial charge is 0.434 e. The standard InChI is InChI=1S/C14H20F10O7S2/c1-7(2,3)9(15,10(16,17)8(4,5)6)12(19,20)31-11(18,13(21,22)32(25,26)27)14(23,24)33(28,29)30/h1-6H3,(H,25,26,27)(H,28,29,30). The molecule has 0 bridgehead atoms. The van der Waals surface area contributed by atoms with Crippen molar-refractivity contribution in [3.8, 4) is 0 Å². The van der Waals surface area contributed by atoms with E-state index in [0.717, 1.165) is 0 Å². The zero-order chi connectivity index (χ0) is 27.7. The Morgan fingerprint density at radius 3 is 1.03 bits per heavy atom. The molecule has 0 aromatic rings. The van der Waals surface area contributed by atoms with Gasteiger partial charge in [0.25, 0.3) is 11.6 Å². The molecule has 33 heavy (non-hydrogen) atoms. The molecule has 7 nitrogen and oxygen atoms in total. The molecule has 0 spiro atoms. The second-order valence-electron chi connectivity index (χ2n) is 8.93. The fraction of sp³-hybridized carbons (Fsp3) is 1.00. The van der Waals surface area contributed by atoms with Gasteiger partial charge in [-0.1, -0.05) is 41.5 Å². The summed E-state index contributed by atoms with van der Waals surface area (Å²) in [6.45, 7) is 1.95. The Labute approximate surface area is 182 Å². The zero-order valence-corrected chi connectivity index (χ0v) is 19.2. The molecule has 1 atom stereocenters. The fourth-order valence-electron chi connectivity index (χ4n) is 2.47. The van der Waals surface area contributed by atoms with Gasteiger partial charge in [0.2, 0.25) is 0 Å². The van der Waals surface area contributed by atoms with Crippen LogP contribution in [0.4, 0.5) is 43.9 Å². The topological polar surface area (TPSA) is 118 Å². The Morgan fingerprint density at radius 2 is 0.848 bits per heavy atom. The van der Waals surface area contributed by atoms with Gasteiger partial charge in [-0.15, -0.1) is 0 Å². The van der Waals surface area contributed by atoms with E-state index in [2.05, 4.69) is 4.74 Å². The van der Waals surface area contributed by atoms with Gasteiger partial charge in [0.05, 0.1) is 0 Å². The summed E-state index contributed by atoms with van der Waals surface area (Å²) in [4.78, 5) is 0.